The fourth-order valence-corrected chi connectivity index (χ4v) is 3.14. The van der Waals surface area contributed by atoms with Gasteiger partial charge in [0.05, 0.1) is 15.7 Å². The molecule has 0 amide bonds. The minimum absolute atomic E-state index is 0.680. The van der Waals surface area contributed by atoms with E-state index < -0.39 is 0 Å². The Morgan fingerprint density at radius 1 is 1.19 bits per heavy atom. The monoisotopic (exact) mass is 232 g/mol. The van der Waals surface area contributed by atoms with Crippen molar-refractivity contribution in [2.75, 3.05) is 5.32 Å². The summed E-state index contributed by atoms with van der Waals surface area (Å²) in [6.07, 6.45) is 6.80. The van der Waals surface area contributed by atoms with Crippen LogP contribution in [0.15, 0.2) is 23.7 Å². The molecule has 0 radical (unpaired) electrons. The Bertz CT molecular complexity index is 471. The second kappa shape index (κ2) is 4.42. The van der Waals surface area contributed by atoms with E-state index in [1.807, 2.05) is 5.51 Å². The summed E-state index contributed by atoms with van der Waals surface area (Å²) < 4.78 is 1.28. The van der Waals surface area contributed by atoms with Crippen LogP contribution < -0.4 is 5.32 Å². The van der Waals surface area contributed by atoms with Crippen LogP contribution in [0.1, 0.15) is 32.1 Å². The summed E-state index contributed by atoms with van der Waals surface area (Å²) in [4.78, 5) is 4.30. The molecule has 2 aromatic rings. The average Bonchev–Trinajstić information content (AvgIpc) is 2.77. The molecule has 1 N–H and O–H groups in total. The van der Waals surface area contributed by atoms with Gasteiger partial charge in [-0.1, -0.05) is 19.3 Å². The minimum atomic E-state index is 0.680. The van der Waals surface area contributed by atoms with Crippen molar-refractivity contribution in [3.8, 4) is 0 Å². The molecule has 2 nitrogen and oxygen atoms in total. The van der Waals surface area contributed by atoms with Crippen LogP contribution in [0.25, 0.3) is 10.2 Å². The maximum absolute atomic E-state index is 4.30. The molecule has 1 fully saturated rings. The number of hydrogen-bond acceptors (Lipinski definition) is 3. The lowest BCUT2D eigenvalue weighted by atomic mass is 9.95. The summed E-state index contributed by atoms with van der Waals surface area (Å²) in [5.74, 6) is 0. The third-order valence-electron chi connectivity index (χ3n) is 3.31. The summed E-state index contributed by atoms with van der Waals surface area (Å²) in [5.41, 5.74) is 4.28. The van der Waals surface area contributed by atoms with E-state index in [9.17, 15) is 0 Å². The van der Waals surface area contributed by atoms with Crippen molar-refractivity contribution in [2.24, 2.45) is 0 Å². The number of thiazole rings is 1. The quantitative estimate of drug-likeness (QED) is 0.845. The largest absolute Gasteiger partial charge is 0.382 e. The lowest BCUT2D eigenvalue weighted by molar-refractivity contribution is 0.463. The van der Waals surface area contributed by atoms with Gasteiger partial charge in [-0.25, -0.2) is 4.98 Å². The van der Waals surface area contributed by atoms with Gasteiger partial charge in [-0.3, -0.25) is 0 Å². The first-order valence-corrected chi connectivity index (χ1v) is 6.89. The normalized spacial score (nSPS) is 17.8. The fraction of sp³-hybridized carbons (Fsp3) is 0.462. The number of fused-ring (bicyclic) bond motifs is 1. The van der Waals surface area contributed by atoms with Gasteiger partial charge in [0, 0.05) is 11.7 Å². The van der Waals surface area contributed by atoms with Gasteiger partial charge in [0.25, 0.3) is 0 Å². The van der Waals surface area contributed by atoms with E-state index in [-0.39, 0.29) is 0 Å². The van der Waals surface area contributed by atoms with E-state index in [0.717, 1.165) is 5.52 Å². The molecule has 1 aromatic carbocycles. The molecule has 1 aromatic heterocycles. The Morgan fingerprint density at radius 2 is 2.06 bits per heavy atom. The first-order chi connectivity index (χ1) is 7.92. The fourth-order valence-electron chi connectivity index (χ4n) is 2.43. The van der Waals surface area contributed by atoms with Gasteiger partial charge in [-0.05, 0) is 31.0 Å². The van der Waals surface area contributed by atoms with E-state index in [1.165, 1.54) is 42.5 Å². The lowest BCUT2D eigenvalue weighted by Gasteiger charge is -2.23. The second-order valence-corrected chi connectivity index (χ2v) is 5.40. The standard InChI is InChI=1S/C13H16N2S/c1-2-4-10(5-3-1)15-11-6-7-12-13(8-11)16-9-14-12/h6-10,15H,1-5H2. The topological polar surface area (TPSA) is 24.9 Å². The highest BCUT2D eigenvalue weighted by molar-refractivity contribution is 7.16. The maximum atomic E-state index is 4.30. The van der Waals surface area contributed by atoms with Crippen molar-refractivity contribution in [3.05, 3.63) is 23.7 Å². The van der Waals surface area contributed by atoms with Gasteiger partial charge in [0.15, 0.2) is 0 Å². The number of benzene rings is 1. The van der Waals surface area contributed by atoms with Crippen LogP contribution in [0.3, 0.4) is 0 Å². The number of hydrogen-bond donors (Lipinski definition) is 1. The summed E-state index contributed by atoms with van der Waals surface area (Å²) in [6.45, 7) is 0. The Balaban J connectivity index is 1.77. The van der Waals surface area contributed by atoms with Crippen LogP contribution in [0.4, 0.5) is 5.69 Å². The van der Waals surface area contributed by atoms with Crippen LogP contribution in [0.5, 0.6) is 0 Å². The molecule has 0 atom stereocenters. The van der Waals surface area contributed by atoms with Crippen molar-refractivity contribution in [3.63, 3.8) is 0 Å². The van der Waals surface area contributed by atoms with Crippen molar-refractivity contribution < 1.29 is 0 Å². The molecule has 84 valence electrons. The third-order valence-corrected chi connectivity index (χ3v) is 4.10. The molecule has 0 aliphatic heterocycles. The molecule has 0 spiro atoms. The van der Waals surface area contributed by atoms with Gasteiger partial charge in [-0.15, -0.1) is 11.3 Å². The molecule has 1 heterocycles. The van der Waals surface area contributed by atoms with Gasteiger partial charge in [-0.2, -0.15) is 0 Å². The van der Waals surface area contributed by atoms with E-state index in [4.69, 9.17) is 0 Å². The molecule has 3 heteroatoms. The highest BCUT2D eigenvalue weighted by Crippen LogP contribution is 2.25. The number of aromatic nitrogens is 1. The first-order valence-electron chi connectivity index (χ1n) is 6.01. The summed E-state index contributed by atoms with van der Waals surface area (Å²) in [5, 5.41) is 3.64. The van der Waals surface area contributed by atoms with Crippen LogP contribution in [0.2, 0.25) is 0 Å². The molecule has 1 aliphatic carbocycles. The van der Waals surface area contributed by atoms with Gasteiger partial charge >= 0.3 is 0 Å². The highest BCUT2D eigenvalue weighted by atomic mass is 32.1. The van der Waals surface area contributed by atoms with E-state index in [0.29, 0.717) is 6.04 Å². The van der Waals surface area contributed by atoms with Gasteiger partial charge < -0.3 is 5.32 Å². The van der Waals surface area contributed by atoms with E-state index >= 15 is 0 Å². The molecule has 16 heavy (non-hydrogen) atoms. The minimum Gasteiger partial charge on any atom is -0.382 e. The lowest BCUT2D eigenvalue weighted by Crippen LogP contribution is -2.21. The van der Waals surface area contributed by atoms with Crippen LogP contribution in [0, 0.1) is 0 Å². The van der Waals surface area contributed by atoms with Crippen molar-refractivity contribution in [2.45, 2.75) is 38.1 Å². The van der Waals surface area contributed by atoms with Crippen molar-refractivity contribution >= 4 is 27.2 Å². The molecular weight excluding hydrogens is 216 g/mol. The van der Waals surface area contributed by atoms with Gasteiger partial charge in [0.1, 0.15) is 0 Å². The number of anilines is 1. The zero-order valence-electron chi connectivity index (χ0n) is 9.28. The van der Waals surface area contributed by atoms with E-state index in [1.54, 1.807) is 11.3 Å². The van der Waals surface area contributed by atoms with E-state index in [2.05, 4.69) is 28.5 Å². The second-order valence-electron chi connectivity index (χ2n) is 4.51. The van der Waals surface area contributed by atoms with Crippen LogP contribution in [-0.2, 0) is 0 Å². The first kappa shape index (κ1) is 10.1. The predicted octanol–water partition coefficient (Wildman–Crippen LogP) is 4.04. The average molecular weight is 232 g/mol. The smallest absolute Gasteiger partial charge is 0.0813 e. The number of nitrogens with one attached hydrogen (secondary N) is 1. The Hall–Kier alpha value is -1.09. The SMILES string of the molecule is c1nc2ccc(NC3CCCCC3)cc2s1. The van der Waals surface area contributed by atoms with Crippen LogP contribution in [-0.4, -0.2) is 11.0 Å². The zero-order chi connectivity index (χ0) is 10.8. The molecule has 0 bridgehead atoms. The molecule has 1 aliphatic rings. The van der Waals surface area contributed by atoms with Gasteiger partial charge in [0.2, 0.25) is 0 Å². The zero-order valence-corrected chi connectivity index (χ0v) is 10.1. The highest BCUT2D eigenvalue weighted by Gasteiger charge is 2.12. The number of rotatable bonds is 2. The molecule has 3 rings (SSSR count). The number of nitrogens with zero attached hydrogens (tertiary/aromatic N) is 1. The Labute approximate surface area is 99.7 Å². The molecule has 1 saturated carbocycles. The maximum Gasteiger partial charge on any atom is 0.0813 e. The van der Waals surface area contributed by atoms with Crippen molar-refractivity contribution in [1.29, 1.82) is 0 Å². The Kier molecular flexibility index (Phi) is 2.79. The molecular formula is C13H16N2S. The summed E-state index contributed by atoms with van der Waals surface area (Å²) >= 11 is 1.71. The predicted molar refractivity (Wildman–Crippen MR) is 70.1 cm³/mol. The molecule has 0 unspecified atom stereocenters. The van der Waals surface area contributed by atoms with Crippen LogP contribution >= 0.6 is 11.3 Å². The third kappa shape index (κ3) is 2.05. The Morgan fingerprint density at radius 3 is 2.94 bits per heavy atom. The summed E-state index contributed by atoms with van der Waals surface area (Å²) in [7, 11) is 0. The summed E-state index contributed by atoms with van der Waals surface area (Å²) in [6, 6.07) is 7.16. The van der Waals surface area contributed by atoms with Crippen molar-refractivity contribution in [1.82, 2.24) is 4.98 Å². The molecule has 0 saturated heterocycles.